The number of carbonyl (C=O) groups excluding carboxylic acids is 2. The number of aromatic nitrogens is 2. The molecule has 1 N–H and O–H groups in total. The number of nitrogens with zero attached hydrogens (tertiary/aromatic N) is 2. The summed E-state index contributed by atoms with van der Waals surface area (Å²) in [6.45, 7) is 5.81. The average Bonchev–Trinajstić information content (AvgIpc) is 2.96. The molecule has 0 saturated heterocycles. The number of hydrogen-bond donors (Lipinski definition) is 1. The summed E-state index contributed by atoms with van der Waals surface area (Å²) in [6.07, 6.45) is 2.21. The molecule has 23 heavy (non-hydrogen) atoms. The van der Waals surface area contributed by atoms with Crippen LogP contribution in [0.5, 0.6) is 0 Å². The third-order valence-corrected chi connectivity index (χ3v) is 3.14. The zero-order valence-electron chi connectivity index (χ0n) is 13.5. The van der Waals surface area contributed by atoms with Crippen LogP contribution in [0.25, 0.3) is 0 Å². The molecule has 1 amide bonds. The summed E-state index contributed by atoms with van der Waals surface area (Å²) in [6, 6.07) is 9.80. The van der Waals surface area contributed by atoms with Crippen LogP contribution < -0.4 is 5.32 Å². The molecule has 1 aromatic carbocycles. The van der Waals surface area contributed by atoms with Gasteiger partial charge in [-0.2, -0.15) is 5.10 Å². The van der Waals surface area contributed by atoms with E-state index in [1.165, 1.54) is 6.20 Å². The summed E-state index contributed by atoms with van der Waals surface area (Å²) in [5.41, 5.74) is 1.41. The highest BCUT2D eigenvalue weighted by Crippen LogP contribution is 2.07. The van der Waals surface area contributed by atoms with Crippen molar-refractivity contribution in [2.24, 2.45) is 0 Å². The molecule has 0 aliphatic heterocycles. The number of ether oxygens (including phenoxy) is 1. The Bertz CT molecular complexity index is 665. The molecule has 0 spiro atoms. The highest BCUT2D eigenvalue weighted by Gasteiger charge is 2.20. The zero-order valence-corrected chi connectivity index (χ0v) is 13.5. The van der Waals surface area contributed by atoms with Crippen LogP contribution >= 0.6 is 0 Å². The largest absolute Gasteiger partial charge is 0.449 e. The molecular formula is C17H21N3O3. The maximum atomic E-state index is 12.1. The molecule has 0 aliphatic rings. The standard InChI is InChI=1S/C17H21N3O3/c1-12(2)19-16(21)13(3)23-17(22)15-9-18-20(11-15)10-14-7-5-4-6-8-14/h4-9,11-13H,10H2,1-3H3,(H,19,21). The molecule has 2 aromatic rings. The predicted molar refractivity (Wildman–Crippen MR) is 85.9 cm³/mol. The SMILES string of the molecule is CC(C)NC(=O)C(C)OC(=O)c1cnn(Cc2ccccc2)c1. The van der Waals surface area contributed by atoms with Gasteiger partial charge in [-0.3, -0.25) is 9.48 Å². The number of rotatable bonds is 6. The third-order valence-electron chi connectivity index (χ3n) is 3.14. The molecule has 122 valence electrons. The predicted octanol–water partition coefficient (Wildman–Crippen LogP) is 2.00. The Morgan fingerprint density at radius 3 is 2.57 bits per heavy atom. The molecule has 2 rings (SSSR count). The van der Waals surface area contributed by atoms with Crippen LogP contribution in [0.1, 0.15) is 36.7 Å². The topological polar surface area (TPSA) is 73.2 Å². The van der Waals surface area contributed by atoms with E-state index in [0.717, 1.165) is 5.56 Å². The normalized spacial score (nSPS) is 12.0. The van der Waals surface area contributed by atoms with Gasteiger partial charge < -0.3 is 10.1 Å². The van der Waals surface area contributed by atoms with Crippen molar-refractivity contribution in [2.45, 2.75) is 39.5 Å². The molecule has 1 aromatic heterocycles. The Morgan fingerprint density at radius 2 is 1.91 bits per heavy atom. The van der Waals surface area contributed by atoms with Crippen molar-refractivity contribution in [3.63, 3.8) is 0 Å². The fraction of sp³-hybridized carbons (Fsp3) is 0.353. The van der Waals surface area contributed by atoms with Crippen LogP contribution in [0.3, 0.4) is 0 Å². The van der Waals surface area contributed by atoms with Gasteiger partial charge >= 0.3 is 5.97 Å². The lowest BCUT2D eigenvalue weighted by atomic mass is 10.2. The summed E-state index contributed by atoms with van der Waals surface area (Å²) >= 11 is 0. The van der Waals surface area contributed by atoms with E-state index in [9.17, 15) is 9.59 Å². The zero-order chi connectivity index (χ0) is 16.8. The Balaban J connectivity index is 1.94. The van der Waals surface area contributed by atoms with E-state index in [2.05, 4.69) is 10.4 Å². The van der Waals surface area contributed by atoms with Crippen molar-refractivity contribution in [3.05, 3.63) is 53.9 Å². The lowest BCUT2D eigenvalue weighted by Crippen LogP contribution is -2.39. The van der Waals surface area contributed by atoms with Gasteiger partial charge in [0.2, 0.25) is 0 Å². The van der Waals surface area contributed by atoms with Gasteiger partial charge in [-0.1, -0.05) is 30.3 Å². The Hall–Kier alpha value is -2.63. The van der Waals surface area contributed by atoms with Crippen molar-refractivity contribution in [1.29, 1.82) is 0 Å². The molecule has 0 saturated carbocycles. The van der Waals surface area contributed by atoms with Gasteiger partial charge in [0, 0.05) is 12.2 Å². The number of amides is 1. The van der Waals surface area contributed by atoms with Crippen molar-refractivity contribution < 1.29 is 14.3 Å². The van der Waals surface area contributed by atoms with Gasteiger partial charge in [0.15, 0.2) is 6.10 Å². The van der Waals surface area contributed by atoms with E-state index in [0.29, 0.717) is 12.1 Å². The fourth-order valence-electron chi connectivity index (χ4n) is 2.01. The van der Waals surface area contributed by atoms with Gasteiger partial charge in [-0.15, -0.1) is 0 Å². The van der Waals surface area contributed by atoms with Crippen LogP contribution in [0.2, 0.25) is 0 Å². The average molecular weight is 315 g/mol. The van der Waals surface area contributed by atoms with Crippen LogP contribution in [-0.4, -0.2) is 33.8 Å². The smallest absolute Gasteiger partial charge is 0.342 e. The van der Waals surface area contributed by atoms with Crippen molar-refractivity contribution >= 4 is 11.9 Å². The van der Waals surface area contributed by atoms with E-state index >= 15 is 0 Å². The molecule has 0 radical (unpaired) electrons. The molecule has 1 heterocycles. The summed E-state index contributed by atoms with van der Waals surface area (Å²) in [5.74, 6) is -0.874. The lowest BCUT2D eigenvalue weighted by Gasteiger charge is -2.14. The fourth-order valence-corrected chi connectivity index (χ4v) is 2.01. The minimum Gasteiger partial charge on any atom is -0.449 e. The molecule has 6 nitrogen and oxygen atoms in total. The Morgan fingerprint density at radius 1 is 1.22 bits per heavy atom. The van der Waals surface area contributed by atoms with Gasteiger partial charge in [-0.05, 0) is 26.3 Å². The van der Waals surface area contributed by atoms with Crippen LogP contribution in [0, 0.1) is 0 Å². The quantitative estimate of drug-likeness (QED) is 0.828. The van der Waals surface area contributed by atoms with Gasteiger partial charge in [0.1, 0.15) is 0 Å². The van der Waals surface area contributed by atoms with Crippen molar-refractivity contribution in [3.8, 4) is 0 Å². The Labute approximate surface area is 135 Å². The van der Waals surface area contributed by atoms with E-state index in [1.54, 1.807) is 17.8 Å². The first-order chi connectivity index (χ1) is 11.0. The van der Waals surface area contributed by atoms with Crippen molar-refractivity contribution in [1.82, 2.24) is 15.1 Å². The van der Waals surface area contributed by atoms with Gasteiger partial charge in [-0.25, -0.2) is 4.79 Å². The molecule has 1 atom stereocenters. The minimum atomic E-state index is -0.845. The molecule has 1 unspecified atom stereocenters. The monoisotopic (exact) mass is 315 g/mol. The molecule has 0 fully saturated rings. The first-order valence-corrected chi connectivity index (χ1v) is 7.53. The van der Waals surface area contributed by atoms with Crippen LogP contribution in [-0.2, 0) is 16.1 Å². The van der Waals surface area contributed by atoms with Crippen LogP contribution in [0.15, 0.2) is 42.7 Å². The highest BCUT2D eigenvalue weighted by atomic mass is 16.5. The summed E-state index contributed by atoms with van der Waals surface area (Å²) in [5, 5.41) is 6.85. The summed E-state index contributed by atoms with van der Waals surface area (Å²) < 4.78 is 6.82. The first-order valence-electron chi connectivity index (χ1n) is 7.53. The first kappa shape index (κ1) is 16.7. The second-order valence-electron chi connectivity index (χ2n) is 5.62. The molecule has 0 aliphatic carbocycles. The second-order valence-corrected chi connectivity index (χ2v) is 5.62. The van der Waals surface area contributed by atoms with E-state index < -0.39 is 12.1 Å². The molecular weight excluding hydrogens is 294 g/mol. The van der Waals surface area contributed by atoms with E-state index in [4.69, 9.17) is 4.74 Å². The Kier molecular flexibility index (Phi) is 5.51. The number of hydrogen-bond acceptors (Lipinski definition) is 4. The summed E-state index contributed by atoms with van der Waals surface area (Å²) in [4.78, 5) is 23.8. The van der Waals surface area contributed by atoms with E-state index in [-0.39, 0.29) is 11.9 Å². The highest BCUT2D eigenvalue weighted by molar-refractivity contribution is 5.91. The maximum absolute atomic E-state index is 12.1. The van der Waals surface area contributed by atoms with Crippen LogP contribution in [0.4, 0.5) is 0 Å². The number of esters is 1. The molecule has 6 heteroatoms. The second kappa shape index (κ2) is 7.58. The minimum absolute atomic E-state index is 0.00252. The van der Waals surface area contributed by atoms with E-state index in [1.807, 2.05) is 44.2 Å². The van der Waals surface area contributed by atoms with Gasteiger partial charge in [0.25, 0.3) is 5.91 Å². The van der Waals surface area contributed by atoms with Gasteiger partial charge in [0.05, 0.1) is 18.3 Å². The van der Waals surface area contributed by atoms with Crippen molar-refractivity contribution in [2.75, 3.05) is 0 Å². The molecule has 0 bridgehead atoms. The lowest BCUT2D eigenvalue weighted by molar-refractivity contribution is -0.129. The third kappa shape index (κ3) is 4.95. The maximum Gasteiger partial charge on any atom is 0.342 e. The number of nitrogens with one attached hydrogen (secondary N) is 1. The summed E-state index contributed by atoms with van der Waals surface area (Å²) in [7, 11) is 0. The number of carbonyl (C=O) groups is 2. The number of benzene rings is 1.